The Balaban J connectivity index is 4.25. The van der Waals surface area contributed by atoms with Crippen LogP contribution in [0.4, 0.5) is 0 Å². The van der Waals surface area contributed by atoms with Crippen LogP contribution in [-0.2, 0) is 0 Å². The monoisotopic (exact) mass is 137 g/mol. The molecule has 0 rings (SSSR count). The van der Waals surface area contributed by atoms with Crippen molar-refractivity contribution in [3.05, 3.63) is 36.2 Å². The molecule has 0 bridgehead atoms. The van der Waals surface area contributed by atoms with E-state index in [0.717, 1.165) is 11.4 Å². The maximum absolute atomic E-state index is 3.73. The highest BCUT2D eigenvalue weighted by Gasteiger charge is 1.90. The van der Waals surface area contributed by atoms with E-state index in [1.54, 1.807) is 6.08 Å². The molecule has 0 spiro atoms. The van der Waals surface area contributed by atoms with Crippen molar-refractivity contribution in [2.75, 3.05) is 0 Å². The molecular formula is C9H15N. The smallest absolute Gasteiger partial charge is 0.0361 e. The van der Waals surface area contributed by atoms with Gasteiger partial charge in [-0.15, -0.1) is 0 Å². The summed E-state index contributed by atoms with van der Waals surface area (Å²) in [4.78, 5) is 0. The fourth-order valence-electron chi connectivity index (χ4n) is 0.610. The molecule has 0 saturated heterocycles. The van der Waals surface area contributed by atoms with Gasteiger partial charge in [0, 0.05) is 11.4 Å². The van der Waals surface area contributed by atoms with Crippen molar-refractivity contribution in [2.24, 2.45) is 0 Å². The minimum Gasteiger partial charge on any atom is -0.360 e. The summed E-state index contributed by atoms with van der Waals surface area (Å²) >= 11 is 0. The van der Waals surface area contributed by atoms with Crippen LogP contribution in [0.1, 0.15) is 20.8 Å². The summed E-state index contributed by atoms with van der Waals surface area (Å²) in [5.41, 5.74) is 3.21. The standard InChI is InChI=1S/C9H15N/c1-6-9(7(2)3)10-8(4)5/h6,10H,1,4H2,2-3,5H3. The summed E-state index contributed by atoms with van der Waals surface area (Å²) in [5, 5.41) is 3.10. The molecule has 0 heterocycles. The molecule has 0 aromatic heterocycles. The summed E-state index contributed by atoms with van der Waals surface area (Å²) in [5.74, 6) is 0. The van der Waals surface area contributed by atoms with E-state index in [1.165, 1.54) is 5.57 Å². The topological polar surface area (TPSA) is 12.0 Å². The Kier molecular flexibility index (Phi) is 3.55. The molecule has 0 aliphatic carbocycles. The van der Waals surface area contributed by atoms with Crippen molar-refractivity contribution in [1.82, 2.24) is 5.32 Å². The molecule has 1 nitrogen and oxygen atoms in total. The predicted molar refractivity (Wildman–Crippen MR) is 46.5 cm³/mol. The molecular weight excluding hydrogens is 122 g/mol. The zero-order valence-electron chi connectivity index (χ0n) is 6.99. The van der Waals surface area contributed by atoms with Crippen molar-refractivity contribution in [3.63, 3.8) is 0 Å². The van der Waals surface area contributed by atoms with Gasteiger partial charge in [0.15, 0.2) is 0 Å². The zero-order chi connectivity index (χ0) is 8.15. The van der Waals surface area contributed by atoms with Gasteiger partial charge < -0.3 is 5.32 Å². The van der Waals surface area contributed by atoms with Gasteiger partial charge in [-0.2, -0.15) is 0 Å². The highest BCUT2D eigenvalue weighted by atomic mass is 14.9. The lowest BCUT2D eigenvalue weighted by Gasteiger charge is -2.06. The first-order chi connectivity index (χ1) is 4.57. The van der Waals surface area contributed by atoms with Crippen LogP contribution in [0, 0.1) is 0 Å². The summed E-state index contributed by atoms with van der Waals surface area (Å²) in [7, 11) is 0. The molecule has 1 N–H and O–H groups in total. The second kappa shape index (κ2) is 3.94. The second-order valence-corrected chi connectivity index (χ2v) is 2.52. The third kappa shape index (κ3) is 3.13. The van der Waals surface area contributed by atoms with Gasteiger partial charge in [0.1, 0.15) is 0 Å². The number of rotatable bonds is 3. The number of allylic oxidation sites excluding steroid dienone is 3. The molecule has 56 valence electrons. The van der Waals surface area contributed by atoms with E-state index in [2.05, 4.69) is 18.5 Å². The van der Waals surface area contributed by atoms with Crippen molar-refractivity contribution in [3.8, 4) is 0 Å². The van der Waals surface area contributed by atoms with Gasteiger partial charge in [-0.25, -0.2) is 0 Å². The quantitative estimate of drug-likeness (QED) is 0.589. The van der Waals surface area contributed by atoms with Crippen molar-refractivity contribution < 1.29 is 0 Å². The van der Waals surface area contributed by atoms with Gasteiger partial charge in [-0.3, -0.25) is 0 Å². The van der Waals surface area contributed by atoms with Crippen LogP contribution in [0.15, 0.2) is 36.2 Å². The SMILES string of the molecule is C=CC(NC(=C)C)=C(C)C. The van der Waals surface area contributed by atoms with Gasteiger partial charge in [0.2, 0.25) is 0 Å². The molecule has 0 saturated carbocycles. The minimum atomic E-state index is 0.941. The Morgan fingerprint density at radius 2 is 1.80 bits per heavy atom. The van der Waals surface area contributed by atoms with E-state index in [9.17, 15) is 0 Å². The number of hydrogen-bond acceptors (Lipinski definition) is 1. The summed E-state index contributed by atoms with van der Waals surface area (Å²) in [6, 6.07) is 0. The largest absolute Gasteiger partial charge is 0.360 e. The maximum atomic E-state index is 3.73. The van der Waals surface area contributed by atoms with E-state index in [-0.39, 0.29) is 0 Å². The lowest BCUT2D eigenvalue weighted by molar-refractivity contribution is 0.984. The first kappa shape index (κ1) is 9.02. The van der Waals surface area contributed by atoms with Gasteiger partial charge in [-0.1, -0.05) is 18.7 Å². The second-order valence-electron chi connectivity index (χ2n) is 2.52. The van der Waals surface area contributed by atoms with E-state index < -0.39 is 0 Å². The van der Waals surface area contributed by atoms with Crippen LogP contribution >= 0.6 is 0 Å². The van der Waals surface area contributed by atoms with E-state index in [4.69, 9.17) is 0 Å². The van der Waals surface area contributed by atoms with Gasteiger partial charge in [0.05, 0.1) is 0 Å². The first-order valence-electron chi connectivity index (χ1n) is 3.30. The lowest BCUT2D eigenvalue weighted by Crippen LogP contribution is -2.08. The van der Waals surface area contributed by atoms with Crippen LogP contribution in [0.2, 0.25) is 0 Å². The van der Waals surface area contributed by atoms with Gasteiger partial charge >= 0.3 is 0 Å². The fourth-order valence-corrected chi connectivity index (χ4v) is 0.610. The third-order valence-corrected chi connectivity index (χ3v) is 1.09. The number of hydrogen-bond donors (Lipinski definition) is 1. The molecule has 0 aromatic rings. The predicted octanol–water partition coefficient (Wildman–Crippen LogP) is 2.59. The molecule has 0 aliphatic heterocycles. The maximum Gasteiger partial charge on any atom is 0.0361 e. The Labute approximate surface area is 63.1 Å². The Hall–Kier alpha value is -0.980. The minimum absolute atomic E-state index is 0.941. The normalized spacial score (nSPS) is 8.30. The summed E-state index contributed by atoms with van der Waals surface area (Å²) in [6.45, 7) is 13.4. The van der Waals surface area contributed by atoms with Gasteiger partial charge in [0.25, 0.3) is 0 Å². The summed E-state index contributed by atoms with van der Waals surface area (Å²) in [6.07, 6.45) is 1.80. The Morgan fingerprint density at radius 3 is 1.90 bits per heavy atom. The van der Waals surface area contributed by atoms with Gasteiger partial charge in [-0.05, 0) is 26.8 Å². The van der Waals surface area contributed by atoms with Crippen molar-refractivity contribution in [2.45, 2.75) is 20.8 Å². The van der Waals surface area contributed by atoms with Crippen LogP contribution in [-0.4, -0.2) is 0 Å². The van der Waals surface area contributed by atoms with Crippen LogP contribution in [0.5, 0.6) is 0 Å². The zero-order valence-corrected chi connectivity index (χ0v) is 6.99. The van der Waals surface area contributed by atoms with E-state index in [1.807, 2.05) is 20.8 Å². The van der Waals surface area contributed by atoms with Crippen molar-refractivity contribution >= 4 is 0 Å². The molecule has 10 heavy (non-hydrogen) atoms. The average Bonchev–Trinajstić information content (AvgIpc) is 1.81. The number of nitrogens with one attached hydrogen (secondary N) is 1. The van der Waals surface area contributed by atoms with Crippen molar-refractivity contribution in [1.29, 1.82) is 0 Å². The van der Waals surface area contributed by atoms with E-state index in [0.29, 0.717) is 0 Å². The average molecular weight is 137 g/mol. The molecule has 0 unspecified atom stereocenters. The fraction of sp³-hybridized carbons (Fsp3) is 0.333. The van der Waals surface area contributed by atoms with Crippen LogP contribution in [0.25, 0.3) is 0 Å². The molecule has 1 heteroatoms. The summed E-state index contributed by atoms with van der Waals surface area (Å²) < 4.78 is 0. The third-order valence-electron chi connectivity index (χ3n) is 1.09. The highest BCUT2D eigenvalue weighted by molar-refractivity contribution is 5.22. The Morgan fingerprint density at radius 1 is 1.30 bits per heavy atom. The molecule has 0 fully saturated rings. The van der Waals surface area contributed by atoms with E-state index >= 15 is 0 Å². The Bertz CT molecular complexity index is 171. The first-order valence-corrected chi connectivity index (χ1v) is 3.30. The molecule has 0 atom stereocenters. The lowest BCUT2D eigenvalue weighted by atomic mass is 10.2. The molecule has 0 aromatic carbocycles. The molecule has 0 amide bonds. The van der Waals surface area contributed by atoms with Crippen LogP contribution < -0.4 is 5.32 Å². The van der Waals surface area contributed by atoms with Crippen LogP contribution in [0.3, 0.4) is 0 Å². The molecule has 0 aliphatic rings. The highest BCUT2D eigenvalue weighted by Crippen LogP contribution is 2.01. The molecule has 0 radical (unpaired) electrons.